The Bertz CT molecular complexity index is 789. The van der Waals surface area contributed by atoms with E-state index in [1.54, 1.807) is 60.5 Å². The minimum absolute atomic E-state index is 0.0772. The average Bonchev–Trinajstić information content (AvgIpc) is 3.17. The van der Waals surface area contributed by atoms with Crippen molar-refractivity contribution in [2.45, 2.75) is 6.42 Å². The van der Waals surface area contributed by atoms with Crippen molar-refractivity contribution in [3.05, 3.63) is 59.7 Å². The van der Waals surface area contributed by atoms with Crippen LogP contribution in [0.5, 0.6) is 5.75 Å². The number of nitrogens with two attached hydrogens (primary N) is 1. The van der Waals surface area contributed by atoms with Gasteiger partial charge in [-0.15, -0.1) is 0 Å². The predicted octanol–water partition coefficient (Wildman–Crippen LogP) is 2.37. The van der Waals surface area contributed by atoms with Crippen molar-refractivity contribution in [2.75, 3.05) is 32.1 Å². The van der Waals surface area contributed by atoms with Crippen LogP contribution in [0.25, 0.3) is 0 Å². The van der Waals surface area contributed by atoms with Crippen molar-refractivity contribution in [1.29, 1.82) is 0 Å². The summed E-state index contributed by atoms with van der Waals surface area (Å²) in [6, 6.07) is 13.9. The van der Waals surface area contributed by atoms with E-state index in [2.05, 4.69) is 5.32 Å². The molecule has 2 aromatic carbocycles. The number of hydrogen-bond acceptors (Lipinski definition) is 4. The number of hydrogen-bond donors (Lipinski definition) is 2. The molecule has 1 unspecified atom stereocenters. The van der Waals surface area contributed by atoms with E-state index in [-0.39, 0.29) is 11.8 Å². The summed E-state index contributed by atoms with van der Waals surface area (Å²) in [4.78, 5) is 27.2. The van der Waals surface area contributed by atoms with Crippen LogP contribution >= 0.6 is 0 Å². The quantitative estimate of drug-likeness (QED) is 0.864. The fourth-order valence-corrected chi connectivity index (χ4v) is 3.10. The smallest absolute Gasteiger partial charge is 0.255 e. The molecule has 1 fully saturated rings. The molecule has 0 spiro atoms. The van der Waals surface area contributed by atoms with Gasteiger partial charge in [0.25, 0.3) is 11.8 Å². The van der Waals surface area contributed by atoms with Gasteiger partial charge in [-0.25, -0.2) is 0 Å². The molecule has 0 bridgehead atoms. The number of rotatable bonds is 5. The molecule has 2 aromatic rings. The molecule has 136 valence electrons. The third kappa shape index (κ3) is 3.86. The van der Waals surface area contributed by atoms with Crippen LogP contribution in [0, 0.1) is 5.92 Å². The van der Waals surface area contributed by atoms with E-state index < -0.39 is 0 Å². The number of methoxy groups -OCH3 is 1. The molecule has 0 aliphatic carbocycles. The maximum Gasteiger partial charge on any atom is 0.255 e. The normalized spacial score (nSPS) is 16.4. The maximum absolute atomic E-state index is 12.8. The fourth-order valence-electron chi connectivity index (χ4n) is 3.10. The number of amides is 2. The van der Waals surface area contributed by atoms with Gasteiger partial charge in [-0.3, -0.25) is 9.59 Å². The van der Waals surface area contributed by atoms with E-state index in [4.69, 9.17) is 10.5 Å². The molecule has 6 nitrogen and oxygen atoms in total. The van der Waals surface area contributed by atoms with E-state index in [9.17, 15) is 9.59 Å². The van der Waals surface area contributed by atoms with Crippen LogP contribution in [0.1, 0.15) is 27.1 Å². The van der Waals surface area contributed by atoms with Crippen molar-refractivity contribution in [3.63, 3.8) is 0 Å². The fraction of sp³-hybridized carbons (Fsp3) is 0.300. The Morgan fingerprint density at radius 1 is 1.19 bits per heavy atom. The van der Waals surface area contributed by atoms with Gasteiger partial charge in [-0.05, 0) is 55.3 Å². The molecule has 0 radical (unpaired) electrons. The highest BCUT2D eigenvalue weighted by molar-refractivity contribution is 6.09. The summed E-state index contributed by atoms with van der Waals surface area (Å²) in [5, 5.41) is 2.84. The van der Waals surface area contributed by atoms with Gasteiger partial charge in [0, 0.05) is 18.7 Å². The first-order valence-electron chi connectivity index (χ1n) is 8.66. The molecule has 1 heterocycles. The van der Waals surface area contributed by atoms with Crippen molar-refractivity contribution < 1.29 is 14.3 Å². The second-order valence-corrected chi connectivity index (χ2v) is 6.37. The van der Waals surface area contributed by atoms with E-state index in [1.807, 2.05) is 0 Å². The van der Waals surface area contributed by atoms with Crippen LogP contribution in [0.2, 0.25) is 0 Å². The Morgan fingerprint density at radius 2 is 1.92 bits per heavy atom. The number of ether oxygens (including phenoxy) is 1. The first kappa shape index (κ1) is 17.9. The molecule has 1 aliphatic heterocycles. The standard InChI is InChI=1S/C20H23N3O3/c1-26-16-8-6-15(7-9-16)19(24)22-18-5-3-2-4-17(18)20(25)23-11-10-14(12-21)13-23/h2-9,14H,10-13,21H2,1H3,(H,22,24). The van der Waals surface area contributed by atoms with Crippen molar-refractivity contribution >= 4 is 17.5 Å². The number of anilines is 1. The summed E-state index contributed by atoms with van der Waals surface area (Å²) < 4.78 is 5.10. The minimum atomic E-state index is -0.269. The molecule has 3 N–H and O–H groups in total. The first-order valence-corrected chi connectivity index (χ1v) is 8.66. The zero-order valence-electron chi connectivity index (χ0n) is 14.8. The van der Waals surface area contributed by atoms with Crippen LogP contribution in [-0.4, -0.2) is 43.5 Å². The third-order valence-electron chi connectivity index (χ3n) is 4.66. The molecule has 0 saturated carbocycles. The number of carbonyl (C=O) groups excluding carboxylic acids is 2. The van der Waals surface area contributed by atoms with E-state index in [0.29, 0.717) is 48.1 Å². The molecule has 6 heteroatoms. The molecule has 1 aliphatic rings. The SMILES string of the molecule is COc1ccc(C(=O)Nc2ccccc2C(=O)N2CCC(CN)C2)cc1. The second kappa shape index (κ2) is 8.01. The number of para-hydroxylation sites is 1. The zero-order chi connectivity index (χ0) is 18.5. The summed E-state index contributed by atoms with van der Waals surface area (Å²) in [7, 11) is 1.57. The molecule has 26 heavy (non-hydrogen) atoms. The molecular formula is C20H23N3O3. The monoisotopic (exact) mass is 353 g/mol. The van der Waals surface area contributed by atoms with Gasteiger partial charge in [-0.1, -0.05) is 12.1 Å². The predicted molar refractivity (Wildman–Crippen MR) is 100 cm³/mol. The number of nitrogens with one attached hydrogen (secondary N) is 1. The summed E-state index contributed by atoms with van der Waals surface area (Å²) in [5.74, 6) is 0.682. The average molecular weight is 353 g/mol. The largest absolute Gasteiger partial charge is 0.497 e. The van der Waals surface area contributed by atoms with Crippen LogP contribution in [0.3, 0.4) is 0 Å². The Labute approximate surface area is 152 Å². The Kier molecular flexibility index (Phi) is 5.53. The van der Waals surface area contributed by atoms with Gasteiger partial charge in [0.1, 0.15) is 5.75 Å². The lowest BCUT2D eigenvalue weighted by molar-refractivity contribution is 0.0788. The Hall–Kier alpha value is -2.86. The van der Waals surface area contributed by atoms with E-state index in [0.717, 1.165) is 6.42 Å². The van der Waals surface area contributed by atoms with Crippen molar-refractivity contribution in [2.24, 2.45) is 11.7 Å². The van der Waals surface area contributed by atoms with Gasteiger partial charge < -0.3 is 20.7 Å². The van der Waals surface area contributed by atoms with Gasteiger partial charge in [0.15, 0.2) is 0 Å². The lowest BCUT2D eigenvalue weighted by Gasteiger charge is -2.18. The van der Waals surface area contributed by atoms with Gasteiger partial charge in [0.05, 0.1) is 18.4 Å². The number of benzene rings is 2. The first-order chi connectivity index (χ1) is 12.6. The van der Waals surface area contributed by atoms with E-state index in [1.165, 1.54) is 0 Å². The molecule has 1 saturated heterocycles. The lowest BCUT2D eigenvalue weighted by Crippen LogP contribution is -2.30. The molecule has 2 amide bonds. The minimum Gasteiger partial charge on any atom is -0.497 e. The van der Waals surface area contributed by atoms with Gasteiger partial charge in [0.2, 0.25) is 0 Å². The highest BCUT2D eigenvalue weighted by Gasteiger charge is 2.27. The highest BCUT2D eigenvalue weighted by atomic mass is 16.5. The van der Waals surface area contributed by atoms with Crippen LogP contribution < -0.4 is 15.8 Å². The van der Waals surface area contributed by atoms with Crippen LogP contribution in [0.15, 0.2) is 48.5 Å². The lowest BCUT2D eigenvalue weighted by atomic mass is 10.1. The summed E-state index contributed by atoms with van der Waals surface area (Å²) in [6.45, 7) is 1.94. The van der Waals surface area contributed by atoms with Gasteiger partial charge >= 0.3 is 0 Å². The Balaban J connectivity index is 1.76. The number of likely N-dealkylation sites (tertiary alicyclic amines) is 1. The van der Waals surface area contributed by atoms with E-state index >= 15 is 0 Å². The molecule has 1 atom stereocenters. The number of nitrogens with zero attached hydrogens (tertiary/aromatic N) is 1. The third-order valence-corrected chi connectivity index (χ3v) is 4.66. The summed E-state index contributed by atoms with van der Waals surface area (Å²) in [5.41, 5.74) is 7.21. The molecule has 3 rings (SSSR count). The molecule has 0 aromatic heterocycles. The summed E-state index contributed by atoms with van der Waals surface area (Å²) >= 11 is 0. The number of carbonyl (C=O) groups is 2. The second-order valence-electron chi connectivity index (χ2n) is 6.37. The summed E-state index contributed by atoms with van der Waals surface area (Å²) in [6.07, 6.45) is 0.919. The van der Waals surface area contributed by atoms with Crippen molar-refractivity contribution in [3.8, 4) is 5.75 Å². The highest BCUT2D eigenvalue weighted by Crippen LogP contribution is 2.23. The molecular weight excluding hydrogens is 330 g/mol. The van der Waals surface area contributed by atoms with Gasteiger partial charge in [-0.2, -0.15) is 0 Å². The Morgan fingerprint density at radius 3 is 2.58 bits per heavy atom. The zero-order valence-corrected chi connectivity index (χ0v) is 14.8. The topological polar surface area (TPSA) is 84.7 Å². The van der Waals surface area contributed by atoms with Crippen LogP contribution in [-0.2, 0) is 0 Å². The van der Waals surface area contributed by atoms with Crippen molar-refractivity contribution in [1.82, 2.24) is 4.90 Å². The van der Waals surface area contributed by atoms with Crippen LogP contribution in [0.4, 0.5) is 5.69 Å². The maximum atomic E-state index is 12.8.